The van der Waals surface area contributed by atoms with E-state index in [1.54, 1.807) is 41.6 Å². The number of H-pyrrole nitrogens is 1. The molecule has 4 rings (SSSR count). The lowest BCUT2D eigenvalue weighted by atomic mass is 10.1. The summed E-state index contributed by atoms with van der Waals surface area (Å²) >= 11 is 0. The summed E-state index contributed by atoms with van der Waals surface area (Å²) in [6, 6.07) is 20.4. The van der Waals surface area contributed by atoms with E-state index in [2.05, 4.69) is 10.1 Å². The first-order valence-electron chi connectivity index (χ1n) is 10.5. The second kappa shape index (κ2) is 9.87. The van der Waals surface area contributed by atoms with Gasteiger partial charge < -0.3 is 4.90 Å². The van der Waals surface area contributed by atoms with Crippen LogP contribution in [0.5, 0.6) is 0 Å². The van der Waals surface area contributed by atoms with Crippen molar-refractivity contribution >= 4 is 16.7 Å². The second-order valence-corrected chi connectivity index (χ2v) is 7.60. The van der Waals surface area contributed by atoms with Crippen molar-refractivity contribution in [3.63, 3.8) is 0 Å². The van der Waals surface area contributed by atoms with Gasteiger partial charge in [0.2, 0.25) is 5.91 Å². The number of hydrogen-bond acceptors (Lipinski definition) is 4. The first-order valence-corrected chi connectivity index (χ1v) is 10.5. The number of pyridine rings is 1. The maximum atomic E-state index is 13.2. The molecule has 7 nitrogen and oxygen atoms in total. The van der Waals surface area contributed by atoms with Gasteiger partial charge >= 0.3 is 0 Å². The van der Waals surface area contributed by atoms with E-state index in [1.807, 2.05) is 42.5 Å². The summed E-state index contributed by atoms with van der Waals surface area (Å²) in [4.78, 5) is 44.2. The number of aromatic amines is 1. The molecule has 0 bridgehead atoms. The zero-order valence-electron chi connectivity index (χ0n) is 17.6. The summed E-state index contributed by atoms with van der Waals surface area (Å²) in [6.45, 7) is 0.798. The molecule has 0 fully saturated rings. The monoisotopic (exact) mass is 428 g/mol. The van der Waals surface area contributed by atoms with Gasteiger partial charge in [0, 0.05) is 25.5 Å². The Morgan fingerprint density at radius 3 is 2.09 bits per heavy atom. The van der Waals surface area contributed by atoms with Crippen LogP contribution in [0.3, 0.4) is 0 Å². The first-order chi connectivity index (χ1) is 15.6. The molecule has 0 spiro atoms. The molecule has 2 aromatic heterocycles. The summed E-state index contributed by atoms with van der Waals surface area (Å²) < 4.78 is 1.11. The number of carbonyl (C=O) groups is 1. The Hall–Kier alpha value is -4.00. The first kappa shape index (κ1) is 21.2. The molecule has 0 saturated carbocycles. The van der Waals surface area contributed by atoms with Crippen LogP contribution in [-0.2, 0) is 24.2 Å². The second-order valence-electron chi connectivity index (χ2n) is 7.60. The average Bonchev–Trinajstić information content (AvgIpc) is 2.83. The van der Waals surface area contributed by atoms with Crippen LogP contribution in [0.1, 0.15) is 11.1 Å². The molecule has 0 atom stereocenters. The van der Waals surface area contributed by atoms with Gasteiger partial charge in [-0.2, -0.15) is 0 Å². The Balaban J connectivity index is 1.54. The van der Waals surface area contributed by atoms with Gasteiger partial charge in [-0.3, -0.25) is 24.5 Å². The van der Waals surface area contributed by atoms with Gasteiger partial charge in [-0.25, -0.2) is 4.68 Å². The number of amides is 1. The van der Waals surface area contributed by atoms with Crippen LogP contribution in [-0.4, -0.2) is 38.7 Å². The maximum Gasteiger partial charge on any atom is 0.273 e. The Labute approximate surface area is 184 Å². The van der Waals surface area contributed by atoms with Crippen molar-refractivity contribution < 1.29 is 4.79 Å². The van der Waals surface area contributed by atoms with Crippen LogP contribution < -0.4 is 11.1 Å². The molecule has 0 aliphatic carbocycles. The van der Waals surface area contributed by atoms with E-state index >= 15 is 0 Å². The van der Waals surface area contributed by atoms with Crippen molar-refractivity contribution in [1.82, 2.24) is 19.7 Å². The number of aromatic nitrogens is 3. The summed E-state index contributed by atoms with van der Waals surface area (Å²) in [6.07, 6.45) is 4.83. The van der Waals surface area contributed by atoms with Crippen molar-refractivity contribution in [1.29, 1.82) is 0 Å². The van der Waals surface area contributed by atoms with Crippen molar-refractivity contribution in [2.24, 2.45) is 0 Å². The van der Waals surface area contributed by atoms with Crippen molar-refractivity contribution in [3.8, 4) is 0 Å². The van der Waals surface area contributed by atoms with Crippen LogP contribution >= 0.6 is 0 Å². The van der Waals surface area contributed by atoms with E-state index in [-0.39, 0.29) is 23.6 Å². The van der Waals surface area contributed by atoms with E-state index in [0.29, 0.717) is 36.7 Å². The van der Waals surface area contributed by atoms with Crippen LogP contribution in [0.4, 0.5) is 0 Å². The Morgan fingerprint density at radius 2 is 1.41 bits per heavy atom. The van der Waals surface area contributed by atoms with Gasteiger partial charge in [0.15, 0.2) is 0 Å². The minimum absolute atomic E-state index is 0.218. The summed E-state index contributed by atoms with van der Waals surface area (Å²) in [5.74, 6) is -0.219. The number of rotatable bonds is 8. The maximum absolute atomic E-state index is 13.2. The Kier molecular flexibility index (Phi) is 6.55. The minimum Gasteiger partial charge on any atom is -0.340 e. The molecule has 0 unspecified atom stereocenters. The summed E-state index contributed by atoms with van der Waals surface area (Å²) in [5, 5.41) is 3.17. The third-order valence-electron chi connectivity index (χ3n) is 5.46. The number of nitrogens with one attached hydrogen (secondary N) is 1. The standard InChI is InChI=1S/C25H24N4O3/c30-23(18-29-25(32)22-9-5-4-8-21(22)24(31)27-29)28(16-12-19-6-2-1-3-7-19)17-13-20-10-14-26-15-11-20/h1-11,14-15H,12-13,16-18H2,(H,27,31). The fourth-order valence-electron chi connectivity index (χ4n) is 3.68. The average molecular weight is 428 g/mol. The highest BCUT2D eigenvalue weighted by Gasteiger charge is 2.17. The van der Waals surface area contributed by atoms with E-state index in [0.717, 1.165) is 15.8 Å². The molecule has 1 amide bonds. The number of fused-ring (bicyclic) bond motifs is 1. The lowest BCUT2D eigenvalue weighted by Crippen LogP contribution is -2.41. The molecule has 0 aliphatic heterocycles. The van der Waals surface area contributed by atoms with Crippen molar-refractivity contribution in [2.45, 2.75) is 19.4 Å². The van der Waals surface area contributed by atoms with Gasteiger partial charge in [-0.15, -0.1) is 0 Å². The van der Waals surface area contributed by atoms with Gasteiger partial charge in [0.25, 0.3) is 11.1 Å². The SMILES string of the molecule is O=C(Cn1[nH]c(=O)c2ccccc2c1=O)N(CCc1ccccc1)CCc1ccncc1. The number of nitrogens with zero attached hydrogens (tertiary/aromatic N) is 3. The number of hydrogen-bond donors (Lipinski definition) is 1. The van der Waals surface area contributed by atoms with Crippen LogP contribution in [0.15, 0.2) is 88.7 Å². The molecule has 7 heteroatoms. The van der Waals surface area contributed by atoms with Crippen molar-refractivity contribution in [2.75, 3.05) is 13.1 Å². The van der Waals surface area contributed by atoms with E-state index in [9.17, 15) is 14.4 Å². The minimum atomic E-state index is -0.388. The molecular formula is C25H24N4O3. The quantitative estimate of drug-likeness (QED) is 0.467. The van der Waals surface area contributed by atoms with E-state index in [4.69, 9.17) is 0 Å². The number of benzene rings is 2. The summed E-state index contributed by atoms with van der Waals surface area (Å²) in [7, 11) is 0. The zero-order chi connectivity index (χ0) is 22.3. The van der Waals surface area contributed by atoms with Crippen molar-refractivity contribution in [3.05, 3.63) is 111 Å². The van der Waals surface area contributed by atoms with E-state index < -0.39 is 0 Å². The molecule has 162 valence electrons. The fraction of sp³-hybridized carbons (Fsp3) is 0.200. The lowest BCUT2D eigenvalue weighted by molar-refractivity contribution is -0.132. The summed E-state index contributed by atoms with van der Waals surface area (Å²) in [5.41, 5.74) is 1.44. The molecule has 0 radical (unpaired) electrons. The lowest BCUT2D eigenvalue weighted by Gasteiger charge is -2.23. The predicted octanol–water partition coefficient (Wildman–Crippen LogP) is 2.40. The van der Waals surface area contributed by atoms with Gasteiger partial charge in [0.05, 0.1) is 10.8 Å². The molecule has 2 heterocycles. The molecule has 0 saturated heterocycles. The zero-order valence-corrected chi connectivity index (χ0v) is 17.6. The van der Waals surface area contributed by atoms with E-state index in [1.165, 1.54) is 0 Å². The molecule has 2 aromatic carbocycles. The van der Waals surface area contributed by atoms with Crippen LogP contribution in [0.25, 0.3) is 10.8 Å². The van der Waals surface area contributed by atoms with Gasteiger partial charge in [-0.05, 0) is 48.2 Å². The highest BCUT2D eigenvalue weighted by Crippen LogP contribution is 2.06. The highest BCUT2D eigenvalue weighted by molar-refractivity contribution is 5.81. The molecule has 1 N–H and O–H groups in total. The largest absolute Gasteiger partial charge is 0.340 e. The predicted molar refractivity (Wildman–Crippen MR) is 123 cm³/mol. The molecule has 4 aromatic rings. The third-order valence-corrected chi connectivity index (χ3v) is 5.46. The topological polar surface area (TPSA) is 88.1 Å². The normalized spacial score (nSPS) is 10.9. The van der Waals surface area contributed by atoms with Gasteiger partial charge in [0.1, 0.15) is 6.54 Å². The molecule has 0 aliphatic rings. The highest BCUT2D eigenvalue weighted by atomic mass is 16.2. The van der Waals surface area contributed by atoms with Crippen LogP contribution in [0, 0.1) is 0 Å². The van der Waals surface area contributed by atoms with Gasteiger partial charge in [-0.1, -0.05) is 42.5 Å². The fourth-order valence-corrected chi connectivity index (χ4v) is 3.68. The molecule has 32 heavy (non-hydrogen) atoms. The smallest absolute Gasteiger partial charge is 0.273 e. The Morgan fingerprint density at radius 1 is 0.812 bits per heavy atom. The Bertz CT molecular complexity index is 1270. The number of carbonyl (C=O) groups excluding carboxylic acids is 1. The van der Waals surface area contributed by atoms with Crippen LogP contribution in [0.2, 0.25) is 0 Å². The third kappa shape index (κ3) is 5.00. The molecular weight excluding hydrogens is 404 g/mol.